The van der Waals surface area contributed by atoms with Gasteiger partial charge in [0.05, 0.1) is 22.1 Å². The second-order valence-electron chi connectivity index (χ2n) is 26.8. The van der Waals surface area contributed by atoms with Crippen LogP contribution in [0.25, 0.3) is 130 Å². The van der Waals surface area contributed by atoms with Crippen LogP contribution in [0.1, 0.15) is 166 Å². The second-order valence-corrected chi connectivity index (χ2v) is 31.5. The highest BCUT2D eigenvalue weighted by atomic mass is 32.1. The van der Waals surface area contributed by atoms with E-state index in [1.807, 2.05) is 45.3 Å². The van der Waals surface area contributed by atoms with Crippen molar-refractivity contribution in [1.82, 2.24) is 9.13 Å². The van der Waals surface area contributed by atoms with Gasteiger partial charge >= 0.3 is 0 Å². The van der Waals surface area contributed by atoms with Crippen LogP contribution in [-0.2, 0) is 25.7 Å². The molecule has 0 fully saturated rings. The fourth-order valence-electron chi connectivity index (χ4n) is 14.8. The van der Waals surface area contributed by atoms with Gasteiger partial charge in [-0.3, -0.25) is 4.79 Å². The van der Waals surface area contributed by atoms with Crippen molar-refractivity contribution in [1.29, 1.82) is 0 Å². The molecule has 0 atom stereocenters. The summed E-state index contributed by atoms with van der Waals surface area (Å²) in [6, 6.07) is 78.0. The molecule has 482 valence electrons. The Hall–Kier alpha value is -8.17. The van der Waals surface area contributed by atoms with Gasteiger partial charge in [0.15, 0.2) is 5.78 Å². The molecule has 1 aliphatic carbocycles. The molecule has 0 bridgehead atoms. The summed E-state index contributed by atoms with van der Waals surface area (Å²) in [5.41, 5.74) is 19.9. The van der Waals surface area contributed by atoms with E-state index < -0.39 is 0 Å². The van der Waals surface area contributed by atoms with Crippen LogP contribution in [0.3, 0.4) is 0 Å². The number of aromatic nitrogens is 2. The van der Waals surface area contributed by atoms with E-state index in [1.165, 1.54) is 208 Å². The van der Waals surface area contributed by atoms with Crippen LogP contribution in [0.15, 0.2) is 206 Å². The Bertz CT molecular complexity index is 4560. The van der Waals surface area contributed by atoms with Crippen molar-refractivity contribution in [2.75, 3.05) is 0 Å². The van der Waals surface area contributed by atoms with Crippen LogP contribution in [0.4, 0.5) is 0 Å². The van der Waals surface area contributed by atoms with E-state index in [0.717, 1.165) is 81.6 Å². The number of hydrogen-bond acceptors (Lipinski definition) is 5. The number of unbranched alkanes of at least 4 members (excludes halogenated alkanes) is 12. The molecule has 0 saturated heterocycles. The number of aryl methyl sites for hydroxylation is 4. The van der Waals surface area contributed by atoms with Crippen molar-refractivity contribution in [2.24, 2.45) is 0 Å². The molecule has 8 aromatic carbocycles. The van der Waals surface area contributed by atoms with Crippen molar-refractivity contribution in [3.63, 3.8) is 0 Å². The van der Waals surface area contributed by atoms with Crippen LogP contribution < -0.4 is 0 Å². The second kappa shape index (κ2) is 28.9. The van der Waals surface area contributed by atoms with Crippen molar-refractivity contribution in [3.05, 3.63) is 237 Å². The Morgan fingerprint density at radius 2 is 0.521 bits per heavy atom. The Labute approximate surface area is 583 Å². The molecule has 0 amide bonds. The van der Waals surface area contributed by atoms with Gasteiger partial charge in [0.25, 0.3) is 0 Å². The first-order chi connectivity index (χ1) is 47.3. The van der Waals surface area contributed by atoms with Crippen LogP contribution >= 0.6 is 45.3 Å². The topological polar surface area (TPSA) is 26.9 Å². The summed E-state index contributed by atoms with van der Waals surface area (Å²) >= 11 is 7.81. The zero-order valence-corrected chi connectivity index (χ0v) is 59.5. The van der Waals surface area contributed by atoms with Gasteiger partial charge in [-0.15, -0.1) is 45.3 Å². The van der Waals surface area contributed by atoms with E-state index in [9.17, 15) is 4.79 Å². The van der Waals surface area contributed by atoms with Crippen LogP contribution in [0.2, 0.25) is 0 Å². The molecule has 96 heavy (non-hydrogen) atoms. The standard InChI is InChI=1S/C89H86N2OS4/c1-5-9-13-17-21-69-39-49-85(93-69)63-31-45-81-75(55-63)76-56-64(86-50-40-70(94-86)22-18-14-10-6-2)32-46-82(76)90(81)67-35-25-59(26-36-67)61-29-43-73-74-44-30-62(54-80(74)89(92)79(73)53-61)60-27-37-68(38-28-60)91-83-47-33-65(87-51-41-71(95-87)23-19-15-11-7-3)57-77(83)78-58-66(34-48-84(78)91)88-52-42-72(96-88)24-20-16-12-8-4/h25-58H,5-24H2,1-4H3. The van der Waals surface area contributed by atoms with Gasteiger partial charge < -0.3 is 9.13 Å². The number of carbonyl (C=O) groups excluding carboxylic acids is 1. The van der Waals surface area contributed by atoms with Gasteiger partial charge in [-0.05, 0) is 240 Å². The molecule has 0 radical (unpaired) electrons. The minimum absolute atomic E-state index is 0.0814. The SMILES string of the molecule is CCCCCCc1ccc(-c2ccc3c(c2)c2cc(-c4ccc(CCCCCC)s4)ccc2n3-c2ccc(-c3ccc4c(c3)C(=O)c3cc(-c5ccc(-n6c7ccc(-c8ccc(CCCCCC)s8)cc7c7cc(-c8ccc(CCCCCC)s8)ccc76)cc5)ccc3-4)cc2)s1. The van der Waals surface area contributed by atoms with Gasteiger partial charge in [0.2, 0.25) is 0 Å². The van der Waals surface area contributed by atoms with E-state index >= 15 is 0 Å². The molecular weight excluding hydrogens is 1240 g/mol. The molecule has 0 saturated carbocycles. The quantitative estimate of drug-likeness (QED) is 0.0449. The molecule has 0 spiro atoms. The maximum Gasteiger partial charge on any atom is 0.194 e. The third-order valence-corrected chi connectivity index (χ3v) is 24.9. The van der Waals surface area contributed by atoms with Gasteiger partial charge in [-0.25, -0.2) is 0 Å². The predicted molar refractivity (Wildman–Crippen MR) is 419 cm³/mol. The monoisotopic (exact) mass is 1330 g/mol. The average Bonchev–Trinajstić information content (AvgIpc) is 1.60. The van der Waals surface area contributed by atoms with Gasteiger partial charge in [-0.2, -0.15) is 0 Å². The highest BCUT2D eigenvalue weighted by Crippen LogP contribution is 2.45. The first-order valence-electron chi connectivity index (χ1n) is 35.9. The summed E-state index contributed by atoms with van der Waals surface area (Å²) in [5, 5.41) is 5.09. The van der Waals surface area contributed by atoms with E-state index in [1.54, 1.807) is 0 Å². The van der Waals surface area contributed by atoms with Gasteiger partial charge in [0.1, 0.15) is 0 Å². The zero-order valence-electron chi connectivity index (χ0n) is 56.2. The maximum atomic E-state index is 14.7. The number of nitrogens with zero attached hydrogens (tertiary/aromatic N) is 2. The Kier molecular flexibility index (Phi) is 19.2. The third-order valence-electron chi connectivity index (χ3n) is 20.2. The van der Waals surface area contributed by atoms with E-state index in [4.69, 9.17) is 0 Å². The lowest BCUT2D eigenvalue weighted by Gasteiger charge is -2.11. The van der Waals surface area contributed by atoms with Gasteiger partial charge in [0, 0.05) is 83.1 Å². The number of fused-ring (bicyclic) bond motifs is 9. The summed E-state index contributed by atoms with van der Waals surface area (Å²) in [4.78, 5) is 25.9. The minimum atomic E-state index is 0.0814. The summed E-state index contributed by atoms with van der Waals surface area (Å²) < 4.78 is 4.89. The van der Waals surface area contributed by atoms with Crippen molar-refractivity contribution < 1.29 is 4.79 Å². The molecule has 0 unspecified atom stereocenters. The van der Waals surface area contributed by atoms with Crippen molar-refractivity contribution in [2.45, 2.75) is 156 Å². The first-order valence-corrected chi connectivity index (χ1v) is 39.2. The van der Waals surface area contributed by atoms with Crippen LogP contribution in [0.5, 0.6) is 0 Å². The Morgan fingerprint density at radius 1 is 0.250 bits per heavy atom. The predicted octanol–water partition coefficient (Wildman–Crippen LogP) is 27.8. The Balaban J connectivity index is 0.698. The molecule has 0 aliphatic heterocycles. The fourth-order valence-corrected chi connectivity index (χ4v) is 19.0. The van der Waals surface area contributed by atoms with E-state index in [0.29, 0.717) is 0 Å². The summed E-state index contributed by atoms with van der Waals surface area (Å²) in [6.07, 6.45) is 25.1. The zero-order chi connectivity index (χ0) is 65.1. The smallest absolute Gasteiger partial charge is 0.194 e. The molecule has 7 heteroatoms. The Morgan fingerprint density at radius 3 is 0.802 bits per heavy atom. The maximum absolute atomic E-state index is 14.7. The molecule has 6 heterocycles. The lowest BCUT2D eigenvalue weighted by molar-refractivity contribution is 0.104. The number of hydrogen-bond donors (Lipinski definition) is 0. The molecule has 14 aromatic rings. The van der Waals surface area contributed by atoms with Crippen LogP contribution in [-0.4, -0.2) is 14.9 Å². The molecule has 0 N–H and O–H groups in total. The average molecular weight is 1330 g/mol. The molecule has 6 aromatic heterocycles. The largest absolute Gasteiger partial charge is 0.309 e. The molecule has 3 nitrogen and oxygen atoms in total. The molecule has 1 aliphatic rings. The lowest BCUT2D eigenvalue weighted by Crippen LogP contribution is -1.97. The van der Waals surface area contributed by atoms with E-state index in [-0.39, 0.29) is 5.78 Å². The third kappa shape index (κ3) is 13.0. The number of carbonyl (C=O) groups is 1. The normalized spacial score (nSPS) is 12.2. The molecule has 15 rings (SSSR count). The number of benzene rings is 8. The fraction of sp³-hybridized carbons (Fsp3) is 0.270. The van der Waals surface area contributed by atoms with Crippen LogP contribution in [0, 0.1) is 0 Å². The summed E-state index contributed by atoms with van der Waals surface area (Å²) in [6.45, 7) is 9.14. The highest BCUT2D eigenvalue weighted by Gasteiger charge is 2.28. The van der Waals surface area contributed by atoms with Gasteiger partial charge in [-0.1, -0.05) is 178 Å². The number of ketones is 1. The van der Waals surface area contributed by atoms with E-state index in [2.05, 4.69) is 243 Å². The first kappa shape index (κ1) is 63.9. The molecular formula is C89H86N2OS4. The number of rotatable bonds is 28. The van der Waals surface area contributed by atoms with Crippen molar-refractivity contribution >= 4 is 94.7 Å². The minimum Gasteiger partial charge on any atom is -0.309 e. The highest BCUT2D eigenvalue weighted by molar-refractivity contribution is 7.16. The summed E-state index contributed by atoms with van der Waals surface area (Å²) in [7, 11) is 0. The lowest BCUT2D eigenvalue weighted by atomic mass is 9.98. The van der Waals surface area contributed by atoms with Crippen molar-refractivity contribution in [3.8, 4) is 86.5 Å². The number of thiophene rings is 4. The summed E-state index contributed by atoms with van der Waals surface area (Å²) in [5.74, 6) is 0.0814.